The first kappa shape index (κ1) is 19.8. The molecule has 0 aromatic heterocycles. The molecule has 148 valence electrons. The van der Waals surface area contributed by atoms with E-state index in [0.29, 0.717) is 5.75 Å². The van der Waals surface area contributed by atoms with Crippen molar-refractivity contribution in [3.63, 3.8) is 0 Å². The summed E-state index contributed by atoms with van der Waals surface area (Å²) < 4.78 is 32.2. The van der Waals surface area contributed by atoms with Crippen molar-refractivity contribution in [2.24, 2.45) is 0 Å². The van der Waals surface area contributed by atoms with Crippen molar-refractivity contribution in [2.45, 2.75) is 4.90 Å². The number of nitro groups is 1. The summed E-state index contributed by atoms with van der Waals surface area (Å²) in [4.78, 5) is 23.9. The summed E-state index contributed by atoms with van der Waals surface area (Å²) in [7, 11) is -4.02. The molecule has 1 aliphatic heterocycles. The molecule has 10 heteroatoms. The van der Waals surface area contributed by atoms with Gasteiger partial charge >= 0.3 is 0 Å². The molecule has 28 heavy (non-hydrogen) atoms. The van der Waals surface area contributed by atoms with Crippen molar-refractivity contribution in [3.8, 4) is 5.75 Å². The molecule has 0 bridgehead atoms. The van der Waals surface area contributed by atoms with Gasteiger partial charge in [0.2, 0.25) is 10.0 Å². The van der Waals surface area contributed by atoms with E-state index in [0.717, 1.165) is 10.4 Å². The van der Waals surface area contributed by atoms with Gasteiger partial charge in [0.05, 0.1) is 4.92 Å². The van der Waals surface area contributed by atoms with Gasteiger partial charge in [-0.25, -0.2) is 8.42 Å². The fourth-order valence-corrected chi connectivity index (χ4v) is 4.48. The number of sulfonamides is 1. The summed E-state index contributed by atoms with van der Waals surface area (Å²) in [5.74, 6) is 0.333. The van der Waals surface area contributed by atoms with E-state index in [4.69, 9.17) is 4.74 Å². The van der Waals surface area contributed by atoms with Crippen LogP contribution in [0, 0.1) is 10.1 Å². The molecule has 1 fully saturated rings. The number of ether oxygens (including phenoxy) is 1. The molecule has 0 atom stereocenters. The standard InChI is InChI=1S/C18H19N3O6S/c22-18(14-27-15-6-2-1-3-7-15)19-10-12-20(13-11-19)28(25,26)17-9-5-4-8-16(17)21(23)24/h1-9H,10-14H2. The van der Waals surface area contributed by atoms with Crippen LogP contribution in [0.1, 0.15) is 0 Å². The molecule has 9 nitrogen and oxygen atoms in total. The van der Waals surface area contributed by atoms with Crippen LogP contribution in [0.3, 0.4) is 0 Å². The summed E-state index contributed by atoms with van der Waals surface area (Å²) in [6, 6.07) is 14.2. The van der Waals surface area contributed by atoms with Crippen molar-refractivity contribution >= 4 is 21.6 Å². The minimum absolute atomic E-state index is 0.0610. The smallest absolute Gasteiger partial charge is 0.289 e. The van der Waals surface area contributed by atoms with E-state index in [-0.39, 0.29) is 43.6 Å². The van der Waals surface area contributed by atoms with E-state index in [1.807, 2.05) is 6.07 Å². The number of piperazine rings is 1. The maximum Gasteiger partial charge on any atom is 0.289 e. The number of hydrogen-bond donors (Lipinski definition) is 0. The summed E-state index contributed by atoms with van der Waals surface area (Å²) in [5, 5.41) is 11.1. The Morgan fingerprint density at radius 1 is 1.00 bits per heavy atom. The molecule has 0 saturated carbocycles. The summed E-state index contributed by atoms with van der Waals surface area (Å²) in [6.45, 7) is 0.367. The van der Waals surface area contributed by atoms with Gasteiger partial charge in [-0.15, -0.1) is 0 Å². The van der Waals surface area contributed by atoms with Gasteiger partial charge in [-0.2, -0.15) is 4.31 Å². The van der Waals surface area contributed by atoms with Gasteiger partial charge in [0.25, 0.3) is 11.6 Å². The summed E-state index contributed by atoms with van der Waals surface area (Å²) in [6.07, 6.45) is 0. The zero-order valence-electron chi connectivity index (χ0n) is 14.9. The highest BCUT2D eigenvalue weighted by Gasteiger charge is 2.34. The number of amides is 1. The van der Waals surface area contributed by atoms with Crippen molar-refractivity contribution in [1.82, 2.24) is 9.21 Å². The van der Waals surface area contributed by atoms with Gasteiger partial charge < -0.3 is 9.64 Å². The molecule has 0 spiro atoms. The largest absolute Gasteiger partial charge is 0.484 e. The lowest BCUT2D eigenvalue weighted by atomic mass is 10.3. The molecule has 1 heterocycles. The molecule has 3 rings (SSSR count). The third-order valence-electron chi connectivity index (χ3n) is 4.38. The van der Waals surface area contributed by atoms with E-state index in [9.17, 15) is 23.3 Å². The molecule has 1 amide bonds. The lowest BCUT2D eigenvalue weighted by Crippen LogP contribution is -2.51. The lowest BCUT2D eigenvalue weighted by molar-refractivity contribution is -0.387. The third-order valence-corrected chi connectivity index (χ3v) is 6.32. The first-order chi connectivity index (χ1) is 13.4. The van der Waals surface area contributed by atoms with Gasteiger partial charge in [-0.05, 0) is 18.2 Å². The van der Waals surface area contributed by atoms with E-state index in [2.05, 4.69) is 0 Å². The molecule has 1 saturated heterocycles. The van der Waals surface area contributed by atoms with E-state index in [1.54, 1.807) is 24.3 Å². The zero-order valence-corrected chi connectivity index (χ0v) is 15.7. The molecule has 0 N–H and O–H groups in total. The average Bonchev–Trinajstić information content (AvgIpc) is 2.73. The van der Waals surface area contributed by atoms with Crippen LogP contribution in [0.15, 0.2) is 59.5 Å². The number of hydrogen-bond acceptors (Lipinski definition) is 6. The second-order valence-electron chi connectivity index (χ2n) is 6.11. The Morgan fingerprint density at radius 3 is 2.25 bits per heavy atom. The van der Waals surface area contributed by atoms with Crippen LogP contribution >= 0.6 is 0 Å². The summed E-state index contributed by atoms with van der Waals surface area (Å²) in [5.41, 5.74) is -0.461. The molecule has 0 radical (unpaired) electrons. The Labute approximate surface area is 162 Å². The van der Waals surface area contributed by atoms with Crippen LogP contribution < -0.4 is 4.74 Å². The highest BCUT2D eigenvalue weighted by Crippen LogP contribution is 2.26. The maximum absolute atomic E-state index is 12.8. The fraction of sp³-hybridized carbons (Fsp3) is 0.278. The number of carbonyl (C=O) groups is 1. The Hall–Kier alpha value is -2.98. The minimum atomic E-state index is -4.02. The summed E-state index contributed by atoms with van der Waals surface area (Å²) >= 11 is 0. The van der Waals surface area contributed by atoms with Crippen molar-refractivity contribution in [2.75, 3.05) is 32.8 Å². The van der Waals surface area contributed by atoms with Crippen LogP contribution in [0.4, 0.5) is 5.69 Å². The van der Waals surface area contributed by atoms with Gasteiger partial charge in [0.1, 0.15) is 5.75 Å². The number of para-hydroxylation sites is 2. The van der Waals surface area contributed by atoms with Gasteiger partial charge in [0, 0.05) is 32.2 Å². The second kappa shape index (κ2) is 8.36. The van der Waals surface area contributed by atoms with Crippen LogP contribution in [0.25, 0.3) is 0 Å². The Balaban J connectivity index is 1.62. The van der Waals surface area contributed by atoms with E-state index < -0.39 is 20.6 Å². The van der Waals surface area contributed by atoms with E-state index >= 15 is 0 Å². The third kappa shape index (κ3) is 4.29. The predicted octanol–water partition coefficient (Wildman–Crippen LogP) is 1.51. The van der Waals surface area contributed by atoms with Crippen molar-refractivity contribution in [3.05, 3.63) is 64.7 Å². The molecule has 0 unspecified atom stereocenters. The number of carbonyl (C=O) groups excluding carboxylic acids is 1. The number of nitrogens with zero attached hydrogens (tertiary/aromatic N) is 3. The SMILES string of the molecule is O=C(COc1ccccc1)N1CCN(S(=O)(=O)c2ccccc2[N+](=O)[O-])CC1. The predicted molar refractivity (Wildman–Crippen MR) is 100 cm³/mol. The monoisotopic (exact) mass is 405 g/mol. The molecule has 2 aromatic carbocycles. The first-order valence-electron chi connectivity index (χ1n) is 8.59. The van der Waals surface area contributed by atoms with Crippen molar-refractivity contribution < 1.29 is 22.9 Å². The maximum atomic E-state index is 12.8. The fourth-order valence-electron chi connectivity index (χ4n) is 2.90. The van der Waals surface area contributed by atoms with E-state index in [1.165, 1.54) is 23.1 Å². The van der Waals surface area contributed by atoms with Crippen LogP contribution in [0.5, 0.6) is 5.75 Å². The van der Waals surface area contributed by atoms with Crippen LogP contribution in [0.2, 0.25) is 0 Å². The van der Waals surface area contributed by atoms with Gasteiger partial charge in [0.15, 0.2) is 11.5 Å². The number of benzene rings is 2. The van der Waals surface area contributed by atoms with Crippen LogP contribution in [-0.4, -0.2) is 61.2 Å². The van der Waals surface area contributed by atoms with Gasteiger partial charge in [-0.3, -0.25) is 14.9 Å². The molecule has 1 aliphatic rings. The van der Waals surface area contributed by atoms with Gasteiger partial charge in [-0.1, -0.05) is 30.3 Å². The van der Waals surface area contributed by atoms with Crippen molar-refractivity contribution in [1.29, 1.82) is 0 Å². The highest BCUT2D eigenvalue weighted by atomic mass is 32.2. The number of rotatable bonds is 6. The highest BCUT2D eigenvalue weighted by molar-refractivity contribution is 7.89. The Bertz CT molecular complexity index is 956. The molecule has 0 aliphatic carbocycles. The minimum Gasteiger partial charge on any atom is -0.484 e. The first-order valence-corrected chi connectivity index (χ1v) is 10.0. The quantitative estimate of drug-likeness (QED) is 0.532. The molecular weight excluding hydrogens is 386 g/mol. The molecular formula is C18H19N3O6S. The lowest BCUT2D eigenvalue weighted by Gasteiger charge is -2.33. The second-order valence-corrected chi connectivity index (χ2v) is 8.02. The Kier molecular flexibility index (Phi) is 5.90. The zero-order chi connectivity index (χ0) is 20.1. The van der Waals surface area contributed by atoms with Crippen LogP contribution in [-0.2, 0) is 14.8 Å². The Morgan fingerprint density at radius 2 is 1.61 bits per heavy atom. The number of nitro benzene ring substituents is 1. The molecule has 2 aromatic rings. The topological polar surface area (TPSA) is 110 Å². The normalized spacial score (nSPS) is 15.2. The average molecular weight is 405 g/mol.